The van der Waals surface area contributed by atoms with E-state index in [0.717, 1.165) is 0 Å². The van der Waals surface area contributed by atoms with Gasteiger partial charge in [-0.1, -0.05) is 0 Å². The van der Waals surface area contributed by atoms with Gasteiger partial charge < -0.3 is 4.74 Å². The summed E-state index contributed by atoms with van der Waals surface area (Å²) in [4.78, 5) is 14.0. The summed E-state index contributed by atoms with van der Waals surface area (Å²) in [5.41, 5.74) is -0.148. The number of pyridine rings is 1. The van der Waals surface area contributed by atoms with Gasteiger partial charge in [-0.25, -0.2) is 8.42 Å². The summed E-state index contributed by atoms with van der Waals surface area (Å²) < 4.78 is 31.6. The molecule has 3 rings (SSSR count). The van der Waals surface area contributed by atoms with Crippen molar-refractivity contribution in [2.45, 2.75) is 11.0 Å². The van der Waals surface area contributed by atoms with Crippen LogP contribution in [0.2, 0.25) is 0 Å². The summed E-state index contributed by atoms with van der Waals surface area (Å²) in [7, 11) is -3.65. The molecule has 0 amide bonds. The van der Waals surface area contributed by atoms with Gasteiger partial charge in [-0.2, -0.15) is 4.31 Å². The normalized spacial score (nSPS) is 15.8. The molecule has 1 saturated heterocycles. The predicted molar refractivity (Wildman–Crippen MR) is 80.5 cm³/mol. The third kappa shape index (κ3) is 3.15. The van der Waals surface area contributed by atoms with Crippen LogP contribution in [0.25, 0.3) is 0 Å². The van der Waals surface area contributed by atoms with E-state index in [0.29, 0.717) is 5.75 Å². The Morgan fingerprint density at radius 3 is 2.48 bits per heavy atom. The van der Waals surface area contributed by atoms with Crippen LogP contribution >= 0.6 is 0 Å². The Morgan fingerprint density at radius 2 is 1.91 bits per heavy atom. The van der Waals surface area contributed by atoms with E-state index in [2.05, 4.69) is 4.98 Å². The van der Waals surface area contributed by atoms with Crippen LogP contribution in [0.1, 0.15) is 0 Å². The molecule has 1 aromatic heterocycles. The molecule has 8 nitrogen and oxygen atoms in total. The van der Waals surface area contributed by atoms with Gasteiger partial charge >= 0.3 is 0 Å². The second kappa shape index (κ2) is 5.94. The van der Waals surface area contributed by atoms with Crippen LogP contribution < -0.4 is 4.74 Å². The van der Waals surface area contributed by atoms with Gasteiger partial charge in [0, 0.05) is 18.3 Å². The van der Waals surface area contributed by atoms with Crippen molar-refractivity contribution in [1.29, 1.82) is 0 Å². The molecule has 2 heterocycles. The van der Waals surface area contributed by atoms with Crippen LogP contribution in [-0.4, -0.2) is 41.8 Å². The smallest absolute Gasteiger partial charge is 0.269 e. The fraction of sp³-hybridized carbons (Fsp3) is 0.214. The number of nitro benzene ring substituents is 1. The van der Waals surface area contributed by atoms with E-state index in [4.69, 9.17) is 4.74 Å². The standard InChI is InChI=1S/C14H13N3O5S/c18-17(19)11-3-5-14(6-4-11)23(20,21)16-9-13(10-16)22-12-2-1-7-15-8-12/h1-8,13H,9-10H2. The molecule has 2 aromatic rings. The van der Waals surface area contributed by atoms with Crippen molar-refractivity contribution in [2.24, 2.45) is 0 Å². The SMILES string of the molecule is O=[N+]([O-])c1ccc(S(=O)(=O)N2CC(Oc3cccnc3)C2)cc1. The lowest BCUT2D eigenvalue weighted by Gasteiger charge is -2.37. The van der Waals surface area contributed by atoms with Crippen molar-refractivity contribution in [3.63, 3.8) is 0 Å². The highest BCUT2D eigenvalue weighted by Gasteiger charge is 2.38. The molecule has 0 unspecified atom stereocenters. The van der Waals surface area contributed by atoms with Crippen LogP contribution in [0.15, 0.2) is 53.7 Å². The molecular formula is C14H13N3O5S. The van der Waals surface area contributed by atoms with Crippen LogP contribution in [0, 0.1) is 10.1 Å². The average Bonchev–Trinajstić information content (AvgIpc) is 2.51. The fourth-order valence-corrected chi connectivity index (χ4v) is 3.67. The van der Waals surface area contributed by atoms with Crippen LogP contribution in [0.4, 0.5) is 5.69 Å². The van der Waals surface area contributed by atoms with Gasteiger partial charge in [0.25, 0.3) is 5.69 Å². The molecule has 0 radical (unpaired) electrons. The van der Waals surface area contributed by atoms with Crippen LogP contribution in [0.3, 0.4) is 0 Å². The van der Waals surface area contributed by atoms with E-state index in [1.165, 1.54) is 28.6 Å². The second-order valence-corrected chi connectivity index (χ2v) is 6.94. The highest BCUT2D eigenvalue weighted by atomic mass is 32.2. The number of non-ortho nitro benzene ring substituents is 1. The Balaban J connectivity index is 1.65. The minimum absolute atomic E-state index is 0.0305. The molecule has 23 heavy (non-hydrogen) atoms. The number of hydrogen-bond acceptors (Lipinski definition) is 6. The molecule has 9 heteroatoms. The number of sulfonamides is 1. The number of ether oxygens (including phenoxy) is 1. The minimum atomic E-state index is -3.65. The molecule has 0 N–H and O–H groups in total. The first-order chi connectivity index (χ1) is 11.0. The van der Waals surface area contributed by atoms with Crippen LogP contribution in [0.5, 0.6) is 5.75 Å². The van der Waals surface area contributed by atoms with E-state index in [9.17, 15) is 18.5 Å². The zero-order valence-corrected chi connectivity index (χ0v) is 12.7. The summed E-state index contributed by atoms with van der Waals surface area (Å²) in [6.07, 6.45) is 2.96. The number of rotatable bonds is 5. The van der Waals surface area contributed by atoms with Crippen molar-refractivity contribution in [3.8, 4) is 5.75 Å². The van der Waals surface area contributed by atoms with Crippen molar-refractivity contribution in [3.05, 3.63) is 58.9 Å². The first kappa shape index (κ1) is 15.4. The quantitative estimate of drug-likeness (QED) is 0.605. The Hall–Kier alpha value is -2.52. The molecule has 0 atom stereocenters. The van der Waals surface area contributed by atoms with Crippen molar-refractivity contribution in [1.82, 2.24) is 9.29 Å². The van der Waals surface area contributed by atoms with Crippen molar-refractivity contribution in [2.75, 3.05) is 13.1 Å². The molecule has 0 spiro atoms. The molecular weight excluding hydrogens is 322 g/mol. The molecule has 1 aromatic carbocycles. The molecule has 1 aliphatic rings. The maximum Gasteiger partial charge on any atom is 0.269 e. The first-order valence-electron chi connectivity index (χ1n) is 6.78. The maximum atomic E-state index is 12.4. The van der Waals surface area contributed by atoms with E-state index in [1.807, 2.05) is 0 Å². The minimum Gasteiger partial charge on any atom is -0.486 e. The van der Waals surface area contributed by atoms with Gasteiger partial charge in [0.2, 0.25) is 10.0 Å². The lowest BCUT2D eigenvalue weighted by Crippen LogP contribution is -2.55. The zero-order chi connectivity index (χ0) is 16.4. The van der Waals surface area contributed by atoms with Gasteiger partial charge in [-0.15, -0.1) is 0 Å². The summed E-state index contributed by atoms with van der Waals surface area (Å²) in [5, 5.41) is 10.6. The number of nitrogens with zero attached hydrogens (tertiary/aromatic N) is 3. The summed E-state index contributed by atoms with van der Waals surface area (Å²) >= 11 is 0. The van der Waals surface area contributed by atoms with Crippen molar-refractivity contribution >= 4 is 15.7 Å². The topological polar surface area (TPSA) is 103 Å². The number of nitro groups is 1. The fourth-order valence-electron chi connectivity index (χ4n) is 2.17. The number of hydrogen-bond donors (Lipinski definition) is 0. The Bertz CT molecular complexity index is 802. The summed E-state index contributed by atoms with van der Waals surface area (Å²) in [5.74, 6) is 0.588. The molecule has 0 saturated carbocycles. The van der Waals surface area contributed by atoms with Crippen LogP contribution in [-0.2, 0) is 10.0 Å². The molecule has 120 valence electrons. The first-order valence-corrected chi connectivity index (χ1v) is 8.22. The maximum absolute atomic E-state index is 12.4. The molecule has 1 aliphatic heterocycles. The lowest BCUT2D eigenvalue weighted by molar-refractivity contribution is -0.384. The van der Waals surface area contributed by atoms with Gasteiger partial charge in [0.15, 0.2) is 0 Å². The average molecular weight is 335 g/mol. The van der Waals surface area contributed by atoms with E-state index in [-0.39, 0.29) is 29.8 Å². The monoisotopic (exact) mass is 335 g/mol. The molecule has 0 bridgehead atoms. The van der Waals surface area contributed by atoms with Gasteiger partial charge in [0.05, 0.1) is 29.1 Å². The van der Waals surface area contributed by atoms with E-state index < -0.39 is 14.9 Å². The number of aromatic nitrogens is 1. The van der Waals surface area contributed by atoms with Gasteiger partial charge in [-0.3, -0.25) is 15.1 Å². The van der Waals surface area contributed by atoms with E-state index >= 15 is 0 Å². The molecule has 0 aliphatic carbocycles. The summed E-state index contributed by atoms with van der Waals surface area (Å²) in [6, 6.07) is 8.32. The Labute approximate surface area is 132 Å². The highest BCUT2D eigenvalue weighted by molar-refractivity contribution is 7.89. The predicted octanol–water partition coefficient (Wildman–Crippen LogP) is 1.44. The van der Waals surface area contributed by atoms with Gasteiger partial charge in [0.1, 0.15) is 11.9 Å². The summed E-state index contributed by atoms with van der Waals surface area (Å²) in [6.45, 7) is 0.461. The highest BCUT2D eigenvalue weighted by Crippen LogP contribution is 2.25. The zero-order valence-electron chi connectivity index (χ0n) is 11.9. The number of benzene rings is 1. The Morgan fingerprint density at radius 1 is 1.22 bits per heavy atom. The third-order valence-electron chi connectivity index (χ3n) is 3.44. The Kier molecular flexibility index (Phi) is 3.97. The van der Waals surface area contributed by atoms with Gasteiger partial charge in [-0.05, 0) is 24.3 Å². The second-order valence-electron chi connectivity index (χ2n) is 5.00. The molecule has 1 fully saturated rings. The third-order valence-corrected chi connectivity index (χ3v) is 5.28. The lowest BCUT2D eigenvalue weighted by atomic mass is 10.2. The van der Waals surface area contributed by atoms with Crippen molar-refractivity contribution < 1.29 is 18.1 Å². The largest absolute Gasteiger partial charge is 0.486 e. The van der Waals surface area contributed by atoms with E-state index in [1.54, 1.807) is 24.5 Å².